The van der Waals surface area contributed by atoms with Crippen molar-refractivity contribution in [2.24, 2.45) is 0 Å². The number of amides is 1. The van der Waals surface area contributed by atoms with Gasteiger partial charge in [0.1, 0.15) is 6.73 Å². The van der Waals surface area contributed by atoms with Gasteiger partial charge in [0.15, 0.2) is 11.6 Å². The highest BCUT2D eigenvalue weighted by Crippen LogP contribution is 2.44. The third-order valence-electron chi connectivity index (χ3n) is 4.73. The van der Waals surface area contributed by atoms with Crippen molar-refractivity contribution in [3.8, 4) is 0 Å². The third-order valence-corrected chi connectivity index (χ3v) is 5.26. The Bertz CT molecular complexity index is 826. The number of halogens is 1. The van der Waals surface area contributed by atoms with Crippen LogP contribution in [0.4, 0.5) is 4.79 Å². The zero-order chi connectivity index (χ0) is 20.1. The first kappa shape index (κ1) is 20.4. The monoisotopic (exact) mass is 447 g/mol. The summed E-state index contributed by atoms with van der Waals surface area (Å²) < 4.78 is 17.2. The molecule has 1 saturated heterocycles. The molecule has 0 radical (unpaired) electrons. The summed E-state index contributed by atoms with van der Waals surface area (Å²) in [4.78, 5) is 27.4. The molecule has 0 aliphatic carbocycles. The highest BCUT2D eigenvalue weighted by molar-refractivity contribution is 9.10. The van der Waals surface area contributed by atoms with Crippen LogP contribution in [0, 0.1) is 0 Å². The maximum atomic E-state index is 13.3. The summed E-state index contributed by atoms with van der Waals surface area (Å²) in [5.74, 6) is -0.519. The Hall–Kier alpha value is -2.38. The van der Waals surface area contributed by atoms with Crippen LogP contribution < -0.4 is 0 Å². The van der Waals surface area contributed by atoms with E-state index in [4.69, 9.17) is 14.2 Å². The van der Waals surface area contributed by atoms with Gasteiger partial charge >= 0.3 is 12.1 Å². The highest BCUT2D eigenvalue weighted by Gasteiger charge is 2.61. The van der Waals surface area contributed by atoms with Crippen molar-refractivity contribution in [2.45, 2.75) is 25.0 Å². The number of ether oxygens (including phenoxy) is 3. The van der Waals surface area contributed by atoms with Gasteiger partial charge in [-0.05, 0) is 30.2 Å². The minimum atomic E-state index is -1.38. The summed E-state index contributed by atoms with van der Waals surface area (Å²) in [5, 5.41) is 0. The normalized spacial score (nSPS) is 21.5. The predicted molar refractivity (Wildman–Crippen MR) is 107 cm³/mol. The van der Waals surface area contributed by atoms with Gasteiger partial charge in [0.05, 0.1) is 6.61 Å². The van der Waals surface area contributed by atoms with Crippen LogP contribution in [-0.2, 0) is 25.4 Å². The standard InChI is InChI=1S/C21H22BrNO5/c1-3-27-19(24)21(13-15-7-5-4-6-8-15)18(16-9-11-17(22)12-10-16)28-20(25)23(21)14-26-2/h4-12,18H,3,13-14H2,1-2H3/t18-,21-/m0/s1. The fourth-order valence-electron chi connectivity index (χ4n) is 3.49. The highest BCUT2D eigenvalue weighted by atomic mass is 79.9. The van der Waals surface area contributed by atoms with Gasteiger partial charge in [-0.1, -0.05) is 58.4 Å². The minimum Gasteiger partial charge on any atom is -0.464 e. The molecule has 0 spiro atoms. The summed E-state index contributed by atoms with van der Waals surface area (Å²) >= 11 is 3.41. The SMILES string of the molecule is CCOC(=O)[C@]1(Cc2ccccc2)[C@H](c2ccc(Br)cc2)OC(=O)N1COC. The molecule has 1 heterocycles. The largest absolute Gasteiger partial charge is 0.464 e. The van der Waals surface area contributed by atoms with Gasteiger partial charge in [-0.15, -0.1) is 0 Å². The molecule has 2 aromatic rings. The molecule has 0 N–H and O–H groups in total. The number of carbonyl (C=O) groups is 2. The van der Waals surface area contributed by atoms with E-state index in [1.807, 2.05) is 54.6 Å². The second kappa shape index (κ2) is 8.75. The van der Waals surface area contributed by atoms with Gasteiger partial charge in [-0.2, -0.15) is 0 Å². The van der Waals surface area contributed by atoms with Crippen LogP contribution in [0.1, 0.15) is 24.2 Å². The fourth-order valence-corrected chi connectivity index (χ4v) is 3.75. The van der Waals surface area contributed by atoms with E-state index in [9.17, 15) is 9.59 Å². The Labute approximate surface area is 172 Å². The summed E-state index contributed by atoms with van der Waals surface area (Å²) in [7, 11) is 1.47. The molecule has 2 aromatic carbocycles. The van der Waals surface area contributed by atoms with E-state index >= 15 is 0 Å². The lowest BCUT2D eigenvalue weighted by Crippen LogP contribution is -2.57. The maximum absolute atomic E-state index is 13.3. The van der Waals surface area contributed by atoms with Gasteiger partial charge in [0.25, 0.3) is 0 Å². The number of nitrogens with zero attached hydrogens (tertiary/aromatic N) is 1. The molecule has 1 amide bonds. The number of rotatable bonds is 7. The number of hydrogen-bond donors (Lipinski definition) is 0. The molecule has 0 saturated carbocycles. The van der Waals surface area contributed by atoms with Crippen molar-refractivity contribution in [2.75, 3.05) is 20.4 Å². The Morgan fingerprint density at radius 2 is 1.86 bits per heavy atom. The van der Waals surface area contributed by atoms with Crippen molar-refractivity contribution in [1.29, 1.82) is 0 Å². The molecule has 0 bridgehead atoms. The lowest BCUT2D eigenvalue weighted by Gasteiger charge is -2.36. The lowest BCUT2D eigenvalue weighted by atomic mass is 9.81. The molecule has 1 fully saturated rings. The first-order valence-corrected chi connectivity index (χ1v) is 9.76. The van der Waals surface area contributed by atoms with Crippen LogP contribution in [0.2, 0.25) is 0 Å². The van der Waals surface area contributed by atoms with E-state index in [2.05, 4.69) is 15.9 Å². The van der Waals surface area contributed by atoms with Gasteiger partial charge in [0, 0.05) is 18.0 Å². The Morgan fingerprint density at radius 1 is 1.18 bits per heavy atom. The van der Waals surface area contributed by atoms with Crippen molar-refractivity contribution < 1.29 is 23.8 Å². The van der Waals surface area contributed by atoms with Crippen LogP contribution in [0.5, 0.6) is 0 Å². The Morgan fingerprint density at radius 3 is 2.46 bits per heavy atom. The minimum absolute atomic E-state index is 0.0858. The first-order chi connectivity index (χ1) is 13.5. The summed E-state index contributed by atoms with van der Waals surface area (Å²) in [6, 6.07) is 16.9. The first-order valence-electron chi connectivity index (χ1n) is 8.96. The average Bonchev–Trinajstić information content (AvgIpc) is 2.97. The number of methoxy groups -OCH3 is 1. The number of esters is 1. The number of hydrogen-bond acceptors (Lipinski definition) is 5. The average molecular weight is 448 g/mol. The Kier molecular flexibility index (Phi) is 6.36. The van der Waals surface area contributed by atoms with Crippen LogP contribution >= 0.6 is 15.9 Å². The van der Waals surface area contributed by atoms with Crippen LogP contribution in [0.3, 0.4) is 0 Å². The van der Waals surface area contributed by atoms with E-state index in [0.717, 1.165) is 10.0 Å². The van der Waals surface area contributed by atoms with E-state index < -0.39 is 23.7 Å². The van der Waals surface area contributed by atoms with Gasteiger partial charge in [0.2, 0.25) is 0 Å². The van der Waals surface area contributed by atoms with Gasteiger partial charge < -0.3 is 14.2 Å². The molecule has 28 heavy (non-hydrogen) atoms. The van der Waals surface area contributed by atoms with Gasteiger partial charge in [-0.25, -0.2) is 9.59 Å². The zero-order valence-electron chi connectivity index (χ0n) is 15.8. The molecule has 148 valence electrons. The molecule has 2 atom stereocenters. The maximum Gasteiger partial charge on any atom is 0.413 e. The lowest BCUT2D eigenvalue weighted by molar-refractivity contribution is -0.160. The smallest absolute Gasteiger partial charge is 0.413 e. The summed E-state index contributed by atoms with van der Waals surface area (Å²) in [6.45, 7) is 1.84. The van der Waals surface area contributed by atoms with Crippen LogP contribution in [0.25, 0.3) is 0 Å². The quantitative estimate of drug-likeness (QED) is 0.597. The third kappa shape index (κ3) is 3.77. The summed E-state index contributed by atoms with van der Waals surface area (Å²) in [5.41, 5.74) is 0.217. The predicted octanol–water partition coefficient (Wildman–Crippen LogP) is 4.09. The number of benzene rings is 2. The summed E-state index contributed by atoms with van der Waals surface area (Å²) in [6.07, 6.45) is -1.20. The van der Waals surface area contributed by atoms with E-state index in [1.165, 1.54) is 12.0 Å². The van der Waals surface area contributed by atoms with Crippen molar-refractivity contribution in [3.05, 3.63) is 70.2 Å². The van der Waals surface area contributed by atoms with Crippen molar-refractivity contribution in [3.63, 3.8) is 0 Å². The number of cyclic esters (lactones) is 1. The number of carbonyl (C=O) groups excluding carboxylic acids is 2. The molecular formula is C21H22BrNO5. The van der Waals surface area contributed by atoms with Crippen LogP contribution in [0.15, 0.2) is 59.1 Å². The van der Waals surface area contributed by atoms with Crippen molar-refractivity contribution in [1.82, 2.24) is 4.90 Å². The Balaban J connectivity index is 2.15. The molecular weight excluding hydrogens is 426 g/mol. The van der Waals surface area contributed by atoms with E-state index in [-0.39, 0.29) is 19.8 Å². The molecule has 1 aliphatic heterocycles. The van der Waals surface area contributed by atoms with E-state index in [0.29, 0.717) is 5.56 Å². The second-order valence-corrected chi connectivity index (χ2v) is 7.38. The molecule has 0 unspecified atom stereocenters. The fraction of sp³-hybridized carbons (Fsp3) is 0.333. The second-order valence-electron chi connectivity index (χ2n) is 6.47. The van der Waals surface area contributed by atoms with Gasteiger partial charge in [-0.3, -0.25) is 4.90 Å². The topological polar surface area (TPSA) is 65.1 Å². The van der Waals surface area contributed by atoms with Crippen molar-refractivity contribution >= 4 is 28.0 Å². The molecule has 1 aliphatic rings. The molecule has 7 heteroatoms. The molecule has 6 nitrogen and oxygen atoms in total. The van der Waals surface area contributed by atoms with E-state index in [1.54, 1.807) is 6.92 Å². The van der Waals surface area contributed by atoms with Crippen LogP contribution in [-0.4, -0.2) is 42.9 Å². The zero-order valence-corrected chi connectivity index (χ0v) is 17.3. The molecule has 0 aromatic heterocycles. The molecule has 3 rings (SSSR count).